The predicted molar refractivity (Wildman–Crippen MR) is 207 cm³/mol. The summed E-state index contributed by atoms with van der Waals surface area (Å²) in [6.45, 7) is 0. The fraction of sp³-hybridized carbons (Fsp3) is 0. The first-order valence-corrected chi connectivity index (χ1v) is 16.9. The highest BCUT2D eigenvalue weighted by atomic mass is 15.0. The van der Waals surface area contributed by atoms with E-state index in [0.717, 1.165) is 27.8 Å². The van der Waals surface area contributed by atoms with Crippen LogP contribution in [0.2, 0.25) is 0 Å². The first kappa shape index (κ1) is 29.4. The van der Waals surface area contributed by atoms with Gasteiger partial charge in [0.1, 0.15) is 0 Å². The molecule has 3 nitrogen and oxygen atoms in total. The van der Waals surface area contributed by atoms with Crippen molar-refractivity contribution in [2.45, 2.75) is 0 Å². The van der Waals surface area contributed by atoms with Crippen molar-refractivity contribution in [2.75, 3.05) is 0 Å². The normalized spacial score (nSPS) is 11.2. The maximum Gasteiger partial charge on any atom is 0.164 e. The summed E-state index contributed by atoms with van der Waals surface area (Å²) < 4.78 is 0. The van der Waals surface area contributed by atoms with E-state index in [2.05, 4.69) is 127 Å². The average molecular weight is 638 g/mol. The van der Waals surface area contributed by atoms with E-state index >= 15 is 0 Å². The van der Waals surface area contributed by atoms with Gasteiger partial charge in [0.15, 0.2) is 17.5 Å². The van der Waals surface area contributed by atoms with E-state index < -0.39 is 0 Å². The highest BCUT2D eigenvalue weighted by Crippen LogP contribution is 2.44. The van der Waals surface area contributed by atoms with Crippen molar-refractivity contribution in [3.8, 4) is 67.5 Å². The highest BCUT2D eigenvalue weighted by Gasteiger charge is 2.18. The Kier molecular flexibility index (Phi) is 7.49. The second-order valence-corrected chi connectivity index (χ2v) is 12.4. The zero-order chi connectivity index (χ0) is 33.3. The first-order chi connectivity index (χ1) is 24.8. The van der Waals surface area contributed by atoms with Crippen LogP contribution in [0.1, 0.15) is 0 Å². The molecule has 0 atom stereocenters. The van der Waals surface area contributed by atoms with E-state index in [-0.39, 0.29) is 0 Å². The van der Waals surface area contributed by atoms with Crippen LogP contribution in [0.3, 0.4) is 0 Å². The molecular formula is C47H31N3. The fourth-order valence-electron chi connectivity index (χ4n) is 6.94. The van der Waals surface area contributed by atoms with Gasteiger partial charge in [0.2, 0.25) is 0 Å². The number of nitrogens with zero attached hydrogens (tertiary/aromatic N) is 3. The number of hydrogen-bond donors (Lipinski definition) is 0. The lowest BCUT2D eigenvalue weighted by Crippen LogP contribution is -2.00. The van der Waals surface area contributed by atoms with E-state index in [1.807, 2.05) is 60.7 Å². The molecule has 0 unspecified atom stereocenters. The molecule has 0 saturated heterocycles. The number of aromatic nitrogens is 3. The maximum atomic E-state index is 4.93. The van der Waals surface area contributed by atoms with Crippen molar-refractivity contribution >= 4 is 21.5 Å². The molecule has 9 aromatic rings. The van der Waals surface area contributed by atoms with Gasteiger partial charge in [-0.1, -0.05) is 182 Å². The lowest BCUT2D eigenvalue weighted by atomic mass is 9.85. The number of rotatable bonds is 6. The zero-order valence-corrected chi connectivity index (χ0v) is 27.2. The Morgan fingerprint density at radius 2 is 0.540 bits per heavy atom. The van der Waals surface area contributed by atoms with Crippen LogP contribution >= 0.6 is 0 Å². The Balaban J connectivity index is 1.19. The van der Waals surface area contributed by atoms with Crippen LogP contribution in [0.5, 0.6) is 0 Å². The molecule has 9 rings (SSSR count). The Morgan fingerprint density at radius 1 is 0.220 bits per heavy atom. The van der Waals surface area contributed by atoms with Crippen molar-refractivity contribution in [3.05, 3.63) is 188 Å². The molecule has 0 radical (unpaired) electrons. The number of benzene rings is 8. The Morgan fingerprint density at radius 3 is 1.00 bits per heavy atom. The molecule has 0 aliphatic heterocycles. The summed E-state index contributed by atoms with van der Waals surface area (Å²) in [5.41, 5.74) is 10.1. The fourth-order valence-corrected chi connectivity index (χ4v) is 6.94. The van der Waals surface area contributed by atoms with Gasteiger partial charge in [0.25, 0.3) is 0 Å². The van der Waals surface area contributed by atoms with Crippen LogP contribution < -0.4 is 0 Å². The molecule has 0 N–H and O–H groups in total. The van der Waals surface area contributed by atoms with E-state index in [1.54, 1.807) is 0 Å². The molecule has 0 bridgehead atoms. The summed E-state index contributed by atoms with van der Waals surface area (Å²) in [5, 5.41) is 4.97. The topological polar surface area (TPSA) is 38.7 Å². The minimum absolute atomic E-state index is 0.646. The minimum Gasteiger partial charge on any atom is -0.208 e. The third-order valence-electron chi connectivity index (χ3n) is 9.32. The van der Waals surface area contributed by atoms with Crippen molar-refractivity contribution in [3.63, 3.8) is 0 Å². The quantitative estimate of drug-likeness (QED) is 0.170. The third-order valence-corrected chi connectivity index (χ3v) is 9.32. The molecule has 1 heterocycles. The monoisotopic (exact) mass is 637 g/mol. The molecule has 0 aliphatic carbocycles. The maximum absolute atomic E-state index is 4.93. The molecule has 50 heavy (non-hydrogen) atoms. The van der Waals surface area contributed by atoms with Gasteiger partial charge in [-0.15, -0.1) is 0 Å². The van der Waals surface area contributed by atoms with Gasteiger partial charge in [-0.3, -0.25) is 0 Å². The second-order valence-electron chi connectivity index (χ2n) is 12.4. The van der Waals surface area contributed by atoms with E-state index in [9.17, 15) is 0 Å². The van der Waals surface area contributed by atoms with Crippen molar-refractivity contribution in [1.82, 2.24) is 15.0 Å². The van der Waals surface area contributed by atoms with Crippen LogP contribution in [0, 0.1) is 0 Å². The van der Waals surface area contributed by atoms with Gasteiger partial charge in [-0.2, -0.15) is 0 Å². The van der Waals surface area contributed by atoms with Gasteiger partial charge >= 0.3 is 0 Å². The Hall–Kier alpha value is -6.71. The van der Waals surface area contributed by atoms with Crippen molar-refractivity contribution < 1.29 is 0 Å². The minimum atomic E-state index is 0.646. The van der Waals surface area contributed by atoms with Crippen molar-refractivity contribution in [2.24, 2.45) is 0 Å². The lowest BCUT2D eigenvalue weighted by molar-refractivity contribution is 1.07. The summed E-state index contributed by atoms with van der Waals surface area (Å²) in [6.07, 6.45) is 0. The number of hydrogen-bond acceptors (Lipinski definition) is 3. The molecule has 0 amide bonds. The summed E-state index contributed by atoms with van der Waals surface area (Å²) in [4.78, 5) is 14.7. The van der Waals surface area contributed by atoms with Crippen molar-refractivity contribution in [1.29, 1.82) is 0 Å². The largest absolute Gasteiger partial charge is 0.208 e. The zero-order valence-electron chi connectivity index (χ0n) is 27.2. The van der Waals surface area contributed by atoms with E-state index in [0.29, 0.717) is 17.5 Å². The van der Waals surface area contributed by atoms with Crippen LogP contribution in [0.4, 0.5) is 0 Å². The molecule has 0 fully saturated rings. The molecular weight excluding hydrogens is 607 g/mol. The van der Waals surface area contributed by atoms with Gasteiger partial charge in [-0.05, 0) is 61.0 Å². The SMILES string of the molecule is c1ccc(-c2nc(-c3ccccc3)nc(-c3ccc(-c4ccc5c(-c6ccccc6)c6ccccc6c(-c6ccccc6)c5c4)cc3)n2)cc1. The smallest absolute Gasteiger partial charge is 0.164 e. The molecule has 234 valence electrons. The second kappa shape index (κ2) is 12.7. The van der Waals surface area contributed by atoms with E-state index in [1.165, 1.54) is 43.8 Å². The molecule has 0 spiro atoms. The number of fused-ring (bicyclic) bond motifs is 2. The Labute approximate surface area is 291 Å². The van der Waals surface area contributed by atoms with Crippen LogP contribution in [-0.2, 0) is 0 Å². The summed E-state index contributed by atoms with van der Waals surface area (Å²) in [7, 11) is 0. The first-order valence-electron chi connectivity index (χ1n) is 16.9. The van der Waals surface area contributed by atoms with Gasteiger partial charge in [0.05, 0.1) is 0 Å². The molecule has 1 aromatic heterocycles. The summed E-state index contributed by atoms with van der Waals surface area (Å²) in [6, 6.07) is 66.0. The third kappa shape index (κ3) is 5.41. The molecule has 0 aliphatic rings. The van der Waals surface area contributed by atoms with Crippen LogP contribution in [-0.4, -0.2) is 15.0 Å². The standard InChI is InChI=1S/C47H31N3/c1-5-15-33(16-6-1)43-39-23-13-14-24-40(39)44(34-17-7-2-8-18-34)42-31-38(29-30-41(42)43)32-25-27-37(28-26-32)47-49-45(35-19-9-3-10-20-35)48-46(50-47)36-21-11-4-12-22-36/h1-31H. The van der Waals surface area contributed by atoms with E-state index in [4.69, 9.17) is 15.0 Å². The Bertz CT molecular complexity index is 2540. The van der Waals surface area contributed by atoms with Crippen LogP contribution in [0.25, 0.3) is 89.1 Å². The molecule has 0 saturated carbocycles. The van der Waals surface area contributed by atoms with Gasteiger partial charge in [0, 0.05) is 16.7 Å². The summed E-state index contributed by atoms with van der Waals surface area (Å²) in [5.74, 6) is 1.96. The van der Waals surface area contributed by atoms with Gasteiger partial charge < -0.3 is 0 Å². The molecule has 8 aromatic carbocycles. The van der Waals surface area contributed by atoms with Gasteiger partial charge in [-0.25, -0.2) is 15.0 Å². The molecule has 3 heteroatoms. The highest BCUT2D eigenvalue weighted by molar-refractivity contribution is 6.21. The summed E-state index contributed by atoms with van der Waals surface area (Å²) >= 11 is 0. The average Bonchev–Trinajstić information content (AvgIpc) is 3.21. The lowest BCUT2D eigenvalue weighted by Gasteiger charge is -2.18. The predicted octanol–water partition coefficient (Wildman–Crippen LogP) is 12.2. The van der Waals surface area contributed by atoms with Crippen LogP contribution in [0.15, 0.2) is 188 Å².